The predicted octanol–water partition coefficient (Wildman–Crippen LogP) is 4.10. The molecule has 0 unspecified atom stereocenters. The van der Waals surface area contributed by atoms with Gasteiger partial charge in [0, 0.05) is 6.21 Å². The first-order valence-corrected chi connectivity index (χ1v) is 4.96. The van der Waals surface area contributed by atoms with Gasteiger partial charge < -0.3 is 5.41 Å². The van der Waals surface area contributed by atoms with Crippen LogP contribution in [0.25, 0.3) is 0 Å². The van der Waals surface area contributed by atoms with E-state index in [2.05, 4.69) is 10.2 Å². The van der Waals surface area contributed by atoms with E-state index in [-0.39, 0.29) is 0 Å². The Kier molecular flexibility index (Phi) is 3.18. The lowest BCUT2D eigenvalue weighted by molar-refractivity contribution is 1.23. The van der Waals surface area contributed by atoms with Crippen LogP contribution in [0.2, 0.25) is 0 Å². The number of nitrogens with one attached hydrogen (secondary N) is 1. The highest BCUT2D eigenvalue weighted by Crippen LogP contribution is 2.17. The summed E-state index contributed by atoms with van der Waals surface area (Å²) < 4.78 is 0. The van der Waals surface area contributed by atoms with Crippen molar-refractivity contribution in [1.82, 2.24) is 0 Å². The third-order valence-corrected chi connectivity index (χ3v) is 2.10. The molecule has 0 saturated heterocycles. The Morgan fingerprint density at radius 2 is 1.31 bits per heavy atom. The highest BCUT2D eigenvalue weighted by atomic mass is 15.1. The molecule has 0 aliphatic rings. The number of hydrogen-bond acceptors (Lipinski definition) is 3. The van der Waals surface area contributed by atoms with Gasteiger partial charge in [0.15, 0.2) is 0 Å². The Labute approximate surface area is 94.0 Å². The average Bonchev–Trinajstić information content (AvgIpc) is 2.38. The van der Waals surface area contributed by atoms with Crippen molar-refractivity contribution in [3.8, 4) is 0 Å². The molecule has 0 radical (unpaired) electrons. The van der Waals surface area contributed by atoms with Gasteiger partial charge in [-0.25, -0.2) is 0 Å². The molecular formula is C13H11N3. The lowest BCUT2D eigenvalue weighted by Gasteiger charge is -1.94. The van der Waals surface area contributed by atoms with E-state index in [1.165, 1.54) is 6.21 Å². The van der Waals surface area contributed by atoms with Crippen molar-refractivity contribution >= 4 is 17.6 Å². The minimum atomic E-state index is 0.787. The Hall–Kier alpha value is -2.29. The van der Waals surface area contributed by atoms with Crippen molar-refractivity contribution < 1.29 is 0 Å². The summed E-state index contributed by atoms with van der Waals surface area (Å²) in [6.07, 6.45) is 1.30. The monoisotopic (exact) mass is 209 g/mol. The Morgan fingerprint density at radius 1 is 0.750 bits per heavy atom. The first-order chi connectivity index (χ1) is 7.88. The van der Waals surface area contributed by atoms with E-state index < -0.39 is 0 Å². The fraction of sp³-hybridized carbons (Fsp3) is 0. The molecule has 0 fully saturated rings. The zero-order valence-electron chi connectivity index (χ0n) is 8.67. The maximum atomic E-state index is 7.07. The summed E-state index contributed by atoms with van der Waals surface area (Å²) in [6, 6.07) is 16.9. The van der Waals surface area contributed by atoms with Gasteiger partial charge in [0.05, 0.1) is 11.4 Å². The SMILES string of the molecule is N=Cc1ccc(N=Nc2ccccc2)cc1. The van der Waals surface area contributed by atoms with Crippen LogP contribution in [0.1, 0.15) is 5.56 Å². The predicted molar refractivity (Wildman–Crippen MR) is 64.9 cm³/mol. The van der Waals surface area contributed by atoms with Crippen LogP contribution in [0.5, 0.6) is 0 Å². The summed E-state index contributed by atoms with van der Waals surface area (Å²) in [4.78, 5) is 0. The lowest BCUT2D eigenvalue weighted by Crippen LogP contribution is -1.75. The molecule has 3 nitrogen and oxygen atoms in total. The van der Waals surface area contributed by atoms with Crippen molar-refractivity contribution in [2.24, 2.45) is 10.2 Å². The maximum Gasteiger partial charge on any atom is 0.0857 e. The quantitative estimate of drug-likeness (QED) is 0.584. The van der Waals surface area contributed by atoms with Crippen molar-refractivity contribution in [3.63, 3.8) is 0 Å². The number of rotatable bonds is 3. The van der Waals surface area contributed by atoms with E-state index in [0.29, 0.717) is 0 Å². The Balaban J connectivity index is 2.14. The largest absolute Gasteiger partial charge is 0.308 e. The van der Waals surface area contributed by atoms with Crippen molar-refractivity contribution in [1.29, 1.82) is 5.41 Å². The standard InChI is InChI=1S/C13H11N3/c14-10-11-6-8-13(9-7-11)16-15-12-4-2-1-3-5-12/h1-10,14H. The minimum absolute atomic E-state index is 0.787. The van der Waals surface area contributed by atoms with Crippen LogP contribution < -0.4 is 0 Å². The highest BCUT2D eigenvalue weighted by Gasteiger charge is 1.90. The summed E-state index contributed by atoms with van der Waals surface area (Å²) in [5.41, 5.74) is 2.48. The fourth-order valence-corrected chi connectivity index (χ4v) is 1.25. The number of hydrogen-bond donors (Lipinski definition) is 1. The summed E-state index contributed by atoms with van der Waals surface area (Å²) in [5, 5.41) is 15.3. The normalized spacial score (nSPS) is 10.5. The molecule has 0 spiro atoms. The molecule has 0 saturated carbocycles. The molecule has 0 amide bonds. The molecule has 1 N–H and O–H groups in total. The zero-order chi connectivity index (χ0) is 11.2. The van der Waals surface area contributed by atoms with Gasteiger partial charge in [-0.05, 0) is 29.8 Å². The Morgan fingerprint density at radius 3 is 1.88 bits per heavy atom. The molecule has 0 atom stereocenters. The number of benzene rings is 2. The molecule has 3 heteroatoms. The van der Waals surface area contributed by atoms with Crippen LogP contribution in [-0.2, 0) is 0 Å². The molecule has 2 aromatic rings. The first-order valence-electron chi connectivity index (χ1n) is 4.96. The van der Waals surface area contributed by atoms with Crippen LogP contribution in [0.15, 0.2) is 64.8 Å². The topological polar surface area (TPSA) is 48.6 Å². The smallest absolute Gasteiger partial charge is 0.0857 e. The molecule has 2 rings (SSSR count). The zero-order valence-corrected chi connectivity index (χ0v) is 8.67. The van der Waals surface area contributed by atoms with E-state index in [4.69, 9.17) is 5.41 Å². The van der Waals surface area contributed by atoms with E-state index >= 15 is 0 Å². The second kappa shape index (κ2) is 4.98. The van der Waals surface area contributed by atoms with Crippen molar-refractivity contribution in [3.05, 3.63) is 60.2 Å². The molecule has 78 valence electrons. The van der Waals surface area contributed by atoms with E-state index in [9.17, 15) is 0 Å². The molecule has 0 heterocycles. The summed E-state index contributed by atoms with van der Waals surface area (Å²) in [6.45, 7) is 0. The number of nitrogens with zero attached hydrogens (tertiary/aromatic N) is 2. The van der Waals surface area contributed by atoms with Crippen LogP contribution in [0, 0.1) is 5.41 Å². The van der Waals surface area contributed by atoms with Crippen molar-refractivity contribution in [2.45, 2.75) is 0 Å². The molecule has 16 heavy (non-hydrogen) atoms. The highest BCUT2D eigenvalue weighted by molar-refractivity contribution is 5.77. The van der Waals surface area contributed by atoms with Crippen LogP contribution >= 0.6 is 0 Å². The summed E-state index contributed by atoms with van der Waals surface area (Å²) in [7, 11) is 0. The molecule has 0 aliphatic carbocycles. The third kappa shape index (κ3) is 2.60. The molecule has 0 bridgehead atoms. The van der Waals surface area contributed by atoms with Gasteiger partial charge in [-0.2, -0.15) is 10.2 Å². The summed E-state index contributed by atoms with van der Waals surface area (Å²) in [5.74, 6) is 0. The molecule has 0 aliphatic heterocycles. The van der Waals surface area contributed by atoms with Crippen LogP contribution in [0.3, 0.4) is 0 Å². The first kappa shape index (κ1) is 10.2. The average molecular weight is 209 g/mol. The summed E-state index contributed by atoms with van der Waals surface area (Å²) >= 11 is 0. The Bertz CT molecular complexity index is 486. The van der Waals surface area contributed by atoms with Gasteiger partial charge in [0.1, 0.15) is 0 Å². The molecule has 2 aromatic carbocycles. The lowest BCUT2D eigenvalue weighted by atomic mass is 10.2. The third-order valence-electron chi connectivity index (χ3n) is 2.10. The van der Waals surface area contributed by atoms with E-state index in [1.54, 1.807) is 0 Å². The van der Waals surface area contributed by atoms with Gasteiger partial charge in [0.2, 0.25) is 0 Å². The van der Waals surface area contributed by atoms with Gasteiger partial charge >= 0.3 is 0 Å². The van der Waals surface area contributed by atoms with Gasteiger partial charge in [-0.15, -0.1) is 0 Å². The van der Waals surface area contributed by atoms with E-state index in [0.717, 1.165) is 16.9 Å². The van der Waals surface area contributed by atoms with E-state index in [1.807, 2.05) is 54.6 Å². The van der Waals surface area contributed by atoms with Crippen LogP contribution in [-0.4, -0.2) is 6.21 Å². The fourth-order valence-electron chi connectivity index (χ4n) is 1.25. The second-order valence-corrected chi connectivity index (χ2v) is 3.27. The number of azo groups is 1. The minimum Gasteiger partial charge on any atom is -0.308 e. The van der Waals surface area contributed by atoms with Crippen LogP contribution in [0.4, 0.5) is 11.4 Å². The van der Waals surface area contributed by atoms with Gasteiger partial charge in [-0.1, -0.05) is 30.3 Å². The molecular weight excluding hydrogens is 198 g/mol. The second-order valence-electron chi connectivity index (χ2n) is 3.27. The molecule has 0 aromatic heterocycles. The van der Waals surface area contributed by atoms with Gasteiger partial charge in [0.25, 0.3) is 0 Å². The van der Waals surface area contributed by atoms with Gasteiger partial charge in [-0.3, -0.25) is 0 Å². The van der Waals surface area contributed by atoms with Crippen molar-refractivity contribution in [2.75, 3.05) is 0 Å². The maximum absolute atomic E-state index is 7.07.